The maximum atomic E-state index is 14.1. The average Bonchev–Trinajstić information content (AvgIpc) is 3.58. The number of fused-ring (bicyclic) bond motifs is 3. The predicted molar refractivity (Wildman–Crippen MR) is 154 cm³/mol. The molecule has 8 heteroatoms. The van der Waals surface area contributed by atoms with Crippen LogP contribution in [0.3, 0.4) is 0 Å². The van der Waals surface area contributed by atoms with Crippen LogP contribution in [0.1, 0.15) is 70.3 Å². The van der Waals surface area contributed by atoms with Gasteiger partial charge in [-0.25, -0.2) is 4.98 Å². The second kappa shape index (κ2) is 9.33. The maximum absolute atomic E-state index is 14.1. The Hall–Kier alpha value is -2.87. The number of carboxylic acid groups (broad SMARTS) is 1. The molecule has 2 N–H and O–H groups in total. The molecule has 1 aromatic carbocycles. The van der Waals surface area contributed by atoms with E-state index >= 15 is 0 Å². The van der Waals surface area contributed by atoms with Crippen LogP contribution in [-0.4, -0.2) is 68.2 Å². The van der Waals surface area contributed by atoms with E-state index in [1.165, 1.54) is 44.2 Å². The summed E-state index contributed by atoms with van der Waals surface area (Å²) in [7, 11) is 0. The maximum Gasteiger partial charge on any atom is 0.307 e. The lowest BCUT2D eigenvalue weighted by molar-refractivity contribution is -0.141. The first-order valence-electron chi connectivity index (χ1n) is 15.7. The molecule has 0 amide bonds. The van der Waals surface area contributed by atoms with Crippen LogP contribution in [0.5, 0.6) is 0 Å². The first-order valence-corrected chi connectivity index (χ1v) is 15.7. The number of nitrogens with one attached hydrogen (secondary N) is 1. The number of piperidine rings is 1. The lowest BCUT2D eigenvalue weighted by Crippen LogP contribution is -2.57. The molecule has 4 aliphatic carbocycles. The van der Waals surface area contributed by atoms with E-state index in [9.17, 15) is 14.7 Å². The normalized spacial score (nSPS) is 36.4. The minimum Gasteiger partial charge on any atom is -0.481 e. The number of hydrogen-bond donors (Lipinski definition) is 2. The van der Waals surface area contributed by atoms with Gasteiger partial charge in [-0.2, -0.15) is 0 Å². The van der Waals surface area contributed by atoms with Crippen molar-refractivity contribution >= 4 is 22.8 Å². The summed E-state index contributed by atoms with van der Waals surface area (Å²) < 4.78 is 2.06. The standard InChI is InChI=1S/C32H41N5O3/c38-30-29(33-9-11-35-10-8-22(19-35)31(39)40)34-27-6-1-2-7-28(27)36(30)26-15-24-4-3-5-25(16-26)37(24)32-17-20-12-21(18-32)14-23(32)13-20/h1-2,4,6-7,20-23,25-26H,3,5,8-19H2,(H,33,34)(H,39,40)/t20?,21?,22-,23?,25?,26-,32?/m0/s1. The van der Waals surface area contributed by atoms with Crippen LogP contribution < -0.4 is 10.9 Å². The molecule has 3 aliphatic heterocycles. The van der Waals surface area contributed by atoms with Crippen LogP contribution in [0.15, 0.2) is 40.8 Å². The number of hydrogen-bond acceptors (Lipinski definition) is 6. The molecule has 2 aromatic rings. The number of benzene rings is 1. The smallest absolute Gasteiger partial charge is 0.307 e. The molecule has 212 valence electrons. The van der Waals surface area contributed by atoms with Crippen LogP contribution in [0.25, 0.3) is 11.0 Å². The SMILES string of the molecule is O=C(O)[C@H]1CCN(CCNc2nc3ccccc3n([C@H]3CC4=CCCC(C3)N4C34CC5CC(CC3C5)C4)c2=O)C1. The Morgan fingerprint density at radius 3 is 2.67 bits per heavy atom. The van der Waals surface area contributed by atoms with Crippen molar-refractivity contribution in [3.8, 4) is 0 Å². The molecular formula is C32H41N5O3. The van der Waals surface area contributed by atoms with E-state index in [2.05, 4.69) is 31.8 Å². The van der Waals surface area contributed by atoms with Gasteiger partial charge < -0.3 is 24.8 Å². The van der Waals surface area contributed by atoms with E-state index in [-0.39, 0.29) is 17.5 Å². The fraction of sp³-hybridized carbons (Fsp3) is 0.656. The molecule has 4 heterocycles. The van der Waals surface area contributed by atoms with Crippen molar-refractivity contribution < 1.29 is 9.90 Å². The van der Waals surface area contributed by atoms with E-state index in [1.54, 1.807) is 0 Å². The molecular weight excluding hydrogens is 502 g/mol. The van der Waals surface area contributed by atoms with E-state index in [1.807, 2.05) is 18.2 Å². The van der Waals surface area contributed by atoms with Gasteiger partial charge in [-0.15, -0.1) is 0 Å². The lowest BCUT2D eigenvalue weighted by atomic mass is 9.76. The molecule has 8 nitrogen and oxygen atoms in total. The summed E-state index contributed by atoms with van der Waals surface area (Å²) >= 11 is 0. The Morgan fingerprint density at radius 1 is 1.07 bits per heavy atom. The third-order valence-corrected chi connectivity index (χ3v) is 11.5. The fourth-order valence-electron chi connectivity index (χ4n) is 10.1. The summed E-state index contributed by atoms with van der Waals surface area (Å²) in [6.45, 7) is 2.64. The minimum absolute atomic E-state index is 0.0281. The molecule has 1 aromatic heterocycles. The van der Waals surface area contributed by atoms with Crippen molar-refractivity contribution in [3.63, 3.8) is 0 Å². The van der Waals surface area contributed by atoms with Crippen molar-refractivity contribution in [2.24, 2.45) is 23.7 Å². The summed E-state index contributed by atoms with van der Waals surface area (Å²) in [5, 5.41) is 12.7. The predicted octanol–water partition coefficient (Wildman–Crippen LogP) is 4.48. The van der Waals surface area contributed by atoms with Gasteiger partial charge in [-0.3, -0.25) is 9.59 Å². The quantitative estimate of drug-likeness (QED) is 0.532. The highest BCUT2D eigenvalue weighted by atomic mass is 16.4. The first-order chi connectivity index (χ1) is 19.5. The number of para-hydroxylation sites is 2. The molecule has 7 aliphatic rings. The highest BCUT2D eigenvalue weighted by Gasteiger charge is 2.62. The van der Waals surface area contributed by atoms with Gasteiger partial charge in [0.15, 0.2) is 5.82 Å². The molecule has 2 saturated heterocycles. The van der Waals surface area contributed by atoms with Gasteiger partial charge in [-0.1, -0.05) is 18.2 Å². The lowest BCUT2D eigenvalue weighted by Gasteiger charge is -2.56. The summed E-state index contributed by atoms with van der Waals surface area (Å²) in [6.07, 6.45) is 14.6. The number of anilines is 1. The topological polar surface area (TPSA) is 90.7 Å². The second-order valence-electron chi connectivity index (χ2n) is 13.7. The summed E-state index contributed by atoms with van der Waals surface area (Å²) in [5.41, 5.74) is 3.65. The third kappa shape index (κ3) is 3.85. The number of aromatic nitrogens is 2. The van der Waals surface area contributed by atoms with Gasteiger partial charge >= 0.3 is 5.97 Å². The number of allylic oxidation sites excluding steroid dienone is 2. The summed E-state index contributed by atoms with van der Waals surface area (Å²) in [5.74, 6) is 2.16. The third-order valence-electron chi connectivity index (χ3n) is 11.5. The van der Waals surface area contributed by atoms with E-state index in [0.717, 1.165) is 54.6 Å². The summed E-state index contributed by atoms with van der Waals surface area (Å²) in [4.78, 5) is 35.2. The van der Waals surface area contributed by atoms with Gasteiger partial charge in [0.05, 0.1) is 17.0 Å². The second-order valence-corrected chi connectivity index (χ2v) is 13.7. The number of aliphatic carboxylic acids is 1. The molecule has 0 spiro atoms. The van der Waals surface area contributed by atoms with Gasteiger partial charge in [0, 0.05) is 49.4 Å². The van der Waals surface area contributed by atoms with Crippen LogP contribution >= 0.6 is 0 Å². The molecule has 3 unspecified atom stereocenters. The Labute approximate surface area is 235 Å². The molecule has 5 atom stereocenters. The highest BCUT2D eigenvalue weighted by molar-refractivity contribution is 5.76. The number of carbonyl (C=O) groups is 1. The number of carboxylic acids is 1. The fourth-order valence-corrected chi connectivity index (χ4v) is 10.1. The van der Waals surface area contributed by atoms with Gasteiger partial charge in [0.2, 0.25) is 0 Å². The largest absolute Gasteiger partial charge is 0.481 e. The summed E-state index contributed by atoms with van der Waals surface area (Å²) in [6, 6.07) is 8.73. The number of rotatable bonds is 7. The van der Waals surface area contributed by atoms with Gasteiger partial charge in [0.1, 0.15) is 0 Å². The van der Waals surface area contributed by atoms with Crippen molar-refractivity contribution in [2.75, 3.05) is 31.5 Å². The molecule has 4 saturated carbocycles. The molecule has 6 fully saturated rings. The average molecular weight is 544 g/mol. The minimum atomic E-state index is -0.715. The number of nitrogens with zero attached hydrogens (tertiary/aromatic N) is 4. The van der Waals surface area contributed by atoms with Gasteiger partial charge in [0.25, 0.3) is 5.56 Å². The van der Waals surface area contributed by atoms with Crippen LogP contribution in [0.4, 0.5) is 5.82 Å². The Morgan fingerprint density at radius 2 is 1.90 bits per heavy atom. The zero-order valence-electron chi connectivity index (χ0n) is 23.3. The van der Waals surface area contributed by atoms with Gasteiger partial charge in [-0.05, 0) is 94.2 Å². The molecule has 40 heavy (non-hydrogen) atoms. The molecule has 9 rings (SSSR count). The van der Waals surface area contributed by atoms with Crippen molar-refractivity contribution in [3.05, 3.63) is 46.4 Å². The number of likely N-dealkylation sites (tertiary alicyclic amines) is 1. The van der Waals surface area contributed by atoms with E-state index in [4.69, 9.17) is 4.98 Å². The Bertz CT molecular complexity index is 1420. The zero-order chi connectivity index (χ0) is 27.0. The molecule has 0 radical (unpaired) electrons. The van der Waals surface area contributed by atoms with E-state index < -0.39 is 5.97 Å². The van der Waals surface area contributed by atoms with Crippen LogP contribution in [0, 0.1) is 23.7 Å². The Kier molecular flexibility index (Phi) is 5.81. The molecule has 6 bridgehead atoms. The first kappa shape index (κ1) is 24.9. The monoisotopic (exact) mass is 543 g/mol. The Balaban J connectivity index is 1.06. The van der Waals surface area contributed by atoms with Crippen molar-refractivity contribution in [1.82, 2.24) is 19.4 Å². The van der Waals surface area contributed by atoms with Crippen molar-refractivity contribution in [1.29, 1.82) is 0 Å². The van der Waals surface area contributed by atoms with Crippen LogP contribution in [-0.2, 0) is 4.79 Å². The zero-order valence-corrected chi connectivity index (χ0v) is 23.3. The van der Waals surface area contributed by atoms with E-state index in [0.29, 0.717) is 43.5 Å². The highest BCUT2D eigenvalue weighted by Crippen LogP contribution is 2.65. The van der Waals surface area contributed by atoms with Crippen molar-refractivity contribution in [2.45, 2.75) is 81.8 Å². The van der Waals surface area contributed by atoms with Crippen LogP contribution in [0.2, 0.25) is 0 Å².